The van der Waals surface area contributed by atoms with E-state index in [2.05, 4.69) is 9.97 Å². The molecule has 2 aromatic rings. The van der Waals surface area contributed by atoms with E-state index in [1.54, 1.807) is 0 Å². The lowest BCUT2D eigenvalue weighted by atomic mass is 10.1. The van der Waals surface area contributed by atoms with Gasteiger partial charge >= 0.3 is 0 Å². The fourth-order valence-electron chi connectivity index (χ4n) is 2.19. The Kier molecular flexibility index (Phi) is 3.96. The molecular formula is C14H12Cl2N2S. The summed E-state index contributed by atoms with van der Waals surface area (Å²) < 4.78 is 0. The number of hydrogen-bond acceptors (Lipinski definition) is 3. The normalized spacial score (nSPS) is 18.7. The molecule has 5 heteroatoms. The van der Waals surface area contributed by atoms with Gasteiger partial charge in [-0.25, -0.2) is 9.97 Å². The summed E-state index contributed by atoms with van der Waals surface area (Å²) in [6.07, 6.45) is 2.30. The zero-order valence-electron chi connectivity index (χ0n) is 10.1. The van der Waals surface area contributed by atoms with E-state index < -0.39 is 0 Å². The second kappa shape index (κ2) is 5.70. The molecule has 1 atom stereocenters. The van der Waals surface area contributed by atoms with Crippen molar-refractivity contribution in [3.63, 3.8) is 0 Å². The van der Waals surface area contributed by atoms with E-state index in [0.29, 0.717) is 15.6 Å². The predicted molar refractivity (Wildman–Crippen MR) is 81.9 cm³/mol. The van der Waals surface area contributed by atoms with Crippen molar-refractivity contribution < 1.29 is 0 Å². The predicted octanol–water partition coefficient (Wildman–Crippen LogP) is 5.02. The minimum Gasteiger partial charge on any atom is -0.219 e. The largest absolute Gasteiger partial charge is 0.219 e. The Balaban J connectivity index is 2.03. The number of benzene rings is 1. The van der Waals surface area contributed by atoms with Crippen LogP contribution in [0, 0.1) is 0 Å². The first kappa shape index (κ1) is 13.2. The monoisotopic (exact) mass is 310 g/mol. The van der Waals surface area contributed by atoms with Crippen molar-refractivity contribution in [2.75, 3.05) is 5.75 Å². The van der Waals surface area contributed by atoms with Gasteiger partial charge in [0.2, 0.25) is 0 Å². The fraction of sp³-hybridized carbons (Fsp3) is 0.286. The van der Waals surface area contributed by atoms with Crippen LogP contribution in [0.25, 0.3) is 11.1 Å². The average Bonchev–Trinajstić information content (AvgIpc) is 2.93. The maximum absolute atomic E-state index is 6.30. The molecule has 0 bridgehead atoms. The Hall–Kier alpha value is -0.770. The lowest BCUT2D eigenvalue weighted by molar-refractivity contribution is 0.777. The first-order chi connectivity index (χ1) is 9.25. The summed E-state index contributed by atoms with van der Waals surface area (Å²) in [5.74, 6) is 1.92. The van der Waals surface area contributed by atoms with Crippen LogP contribution in [0.15, 0.2) is 30.3 Å². The quantitative estimate of drug-likeness (QED) is 0.728. The molecule has 1 aliphatic heterocycles. The van der Waals surface area contributed by atoms with Gasteiger partial charge in [0.25, 0.3) is 0 Å². The van der Waals surface area contributed by atoms with Gasteiger partial charge in [0.15, 0.2) is 0 Å². The van der Waals surface area contributed by atoms with E-state index >= 15 is 0 Å². The molecule has 1 saturated heterocycles. The fourth-order valence-corrected chi connectivity index (χ4v) is 4.02. The molecular weight excluding hydrogens is 299 g/mol. The lowest BCUT2D eigenvalue weighted by Gasteiger charge is -2.11. The van der Waals surface area contributed by atoms with Gasteiger partial charge in [0, 0.05) is 0 Å². The van der Waals surface area contributed by atoms with Crippen molar-refractivity contribution >= 4 is 35.0 Å². The molecule has 1 fully saturated rings. The average molecular weight is 311 g/mol. The Morgan fingerprint density at radius 1 is 1.05 bits per heavy atom. The van der Waals surface area contributed by atoms with Crippen LogP contribution in [0.5, 0.6) is 0 Å². The zero-order valence-corrected chi connectivity index (χ0v) is 12.5. The molecule has 19 heavy (non-hydrogen) atoms. The van der Waals surface area contributed by atoms with Crippen molar-refractivity contribution in [1.82, 2.24) is 9.97 Å². The van der Waals surface area contributed by atoms with Gasteiger partial charge in [-0.15, -0.1) is 0 Å². The number of nitrogens with zero attached hydrogens (tertiary/aromatic N) is 2. The van der Waals surface area contributed by atoms with Gasteiger partial charge < -0.3 is 0 Å². The summed E-state index contributed by atoms with van der Waals surface area (Å²) in [7, 11) is 0. The van der Waals surface area contributed by atoms with E-state index in [4.69, 9.17) is 23.2 Å². The van der Waals surface area contributed by atoms with Gasteiger partial charge in [0.1, 0.15) is 16.1 Å². The van der Waals surface area contributed by atoms with Crippen molar-refractivity contribution in [3.05, 3.63) is 46.5 Å². The maximum atomic E-state index is 6.30. The van der Waals surface area contributed by atoms with Crippen LogP contribution in [0.2, 0.25) is 10.3 Å². The maximum Gasteiger partial charge on any atom is 0.144 e. The summed E-state index contributed by atoms with van der Waals surface area (Å²) in [5.41, 5.74) is 1.67. The van der Waals surface area contributed by atoms with E-state index in [1.165, 1.54) is 6.42 Å². The Morgan fingerprint density at radius 3 is 2.32 bits per heavy atom. The molecule has 1 unspecified atom stereocenters. The van der Waals surface area contributed by atoms with Crippen molar-refractivity contribution in [2.45, 2.75) is 18.1 Å². The molecule has 1 aromatic heterocycles. The van der Waals surface area contributed by atoms with Crippen LogP contribution in [0.3, 0.4) is 0 Å². The Morgan fingerprint density at radius 2 is 1.74 bits per heavy atom. The Bertz CT molecular complexity index is 560. The highest BCUT2D eigenvalue weighted by molar-refractivity contribution is 7.99. The number of halogens is 2. The molecule has 0 aliphatic carbocycles. The molecule has 0 saturated carbocycles. The van der Waals surface area contributed by atoms with Gasteiger partial charge in [-0.3, -0.25) is 0 Å². The van der Waals surface area contributed by atoms with Crippen molar-refractivity contribution in [2.24, 2.45) is 0 Å². The van der Waals surface area contributed by atoms with Crippen molar-refractivity contribution in [3.8, 4) is 11.1 Å². The zero-order chi connectivity index (χ0) is 13.2. The number of thioether (sulfide) groups is 1. The highest BCUT2D eigenvalue weighted by atomic mass is 35.5. The van der Waals surface area contributed by atoms with Gasteiger partial charge in [-0.1, -0.05) is 53.5 Å². The summed E-state index contributed by atoms with van der Waals surface area (Å²) in [6.45, 7) is 0. The third kappa shape index (κ3) is 2.73. The summed E-state index contributed by atoms with van der Waals surface area (Å²) in [5, 5.41) is 1.21. The second-order valence-corrected chi connectivity index (χ2v) is 6.43. The van der Waals surface area contributed by atoms with Crippen LogP contribution in [0.4, 0.5) is 0 Å². The van der Waals surface area contributed by atoms with E-state index in [0.717, 1.165) is 29.1 Å². The SMILES string of the molecule is Clc1nc(C2CCCS2)nc(Cl)c1-c1ccccc1. The van der Waals surface area contributed by atoms with Gasteiger partial charge in [-0.05, 0) is 24.2 Å². The third-order valence-electron chi connectivity index (χ3n) is 3.12. The van der Waals surface area contributed by atoms with Crippen molar-refractivity contribution in [1.29, 1.82) is 0 Å². The molecule has 0 spiro atoms. The molecule has 0 amide bonds. The number of rotatable bonds is 2. The molecule has 2 heterocycles. The second-order valence-electron chi connectivity index (χ2n) is 4.41. The Labute approximate surface area is 126 Å². The van der Waals surface area contributed by atoms with E-state index in [9.17, 15) is 0 Å². The smallest absolute Gasteiger partial charge is 0.144 e. The van der Waals surface area contributed by atoms with Gasteiger partial charge in [0.05, 0.1) is 10.8 Å². The van der Waals surface area contributed by atoms with Crippen LogP contribution in [0.1, 0.15) is 23.9 Å². The topological polar surface area (TPSA) is 25.8 Å². The van der Waals surface area contributed by atoms with Gasteiger partial charge in [-0.2, -0.15) is 11.8 Å². The molecule has 98 valence electrons. The minimum absolute atomic E-state index is 0.333. The first-order valence-electron chi connectivity index (χ1n) is 6.15. The first-order valence-corrected chi connectivity index (χ1v) is 7.96. The molecule has 0 N–H and O–H groups in total. The highest BCUT2D eigenvalue weighted by Gasteiger charge is 2.23. The standard InChI is InChI=1S/C14H12Cl2N2S/c15-12-11(9-5-2-1-3-6-9)13(16)18-14(17-12)10-7-4-8-19-10/h1-3,5-6,10H,4,7-8H2. The van der Waals surface area contributed by atoms with Crippen LogP contribution in [-0.2, 0) is 0 Å². The number of aromatic nitrogens is 2. The molecule has 1 aromatic carbocycles. The molecule has 1 aliphatic rings. The highest BCUT2D eigenvalue weighted by Crippen LogP contribution is 2.41. The molecule has 0 radical (unpaired) electrons. The molecule has 2 nitrogen and oxygen atoms in total. The molecule has 3 rings (SSSR count). The summed E-state index contributed by atoms with van der Waals surface area (Å²) >= 11 is 14.5. The van der Waals surface area contributed by atoms with Crippen LogP contribution in [-0.4, -0.2) is 15.7 Å². The summed E-state index contributed by atoms with van der Waals surface area (Å²) in [6, 6.07) is 9.77. The summed E-state index contributed by atoms with van der Waals surface area (Å²) in [4.78, 5) is 8.88. The van der Waals surface area contributed by atoms with E-state index in [1.807, 2.05) is 42.1 Å². The number of hydrogen-bond donors (Lipinski definition) is 0. The third-order valence-corrected chi connectivity index (χ3v) is 5.04. The van der Waals surface area contributed by atoms with E-state index in [-0.39, 0.29) is 0 Å². The van der Waals surface area contributed by atoms with Crippen LogP contribution < -0.4 is 0 Å². The minimum atomic E-state index is 0.333. The lowest BCUT2D eigenvalue weighted by Crippen LogP contribution is -2.01. The van der Waals surface area contributed by atoms with Crippen LogP contribution >= 0.6 is 35.0 Å².